The molecule has 6 nitrogen and oxygen atoms in total. The molecule has 3 atom stereocenters. The molecule has 40 heavy (non-hydrogen) atoms. The highest BCUT2D eigenvalue weighted by Crippen LogP contribution is 2.50. The van der Waals surface area contributed by atoms with E-state index < -0.39 is 21.6 Å². The van der Waals surface area contributed by atoms with Gasteiger partial charge in [0.1, 0.15) is 5.75 Å². The average molecular weight is 574 g/mol. The van der Waals surface area contributed by atoms with E-state index in [1.54, 1.807) is 0 Å². The van der Waals surface area contributed by atoms with E-state index >= 15 is 0 Å². The molecule has 6 rings (SSSR count). The molecule has 3 heterocycles. The van der Waals surface area contributed by atoms with Crippen LogP contribution in [0.4, 0.5) is 18.9 Å². The molecule has 10 heteroatoms. The molecule has 0 spiro atoms. The smallest absolute Gasteiger partial charge is 0.496 e. The number of ether oxygens (including phenoxy) is 1. The lowest BCUT2D eigenvalue weighted by molar-refractivity contribution is -0.0437. The van der Waals surface area contributed by atoms with Crippen molar-refractivity contribution in [1.82, 2.24) is 4.90 Å². The lowest BCUT2D eigenvalue weighted by Gasteiger charge is -2.55. The molecular weight excluding hydrogens is 539 g/mol. The summed E-state index contributed by atoms with van der Waals surface area (Å²) in [7, 11) is -3.20. The van der Waals surface area contributed by atoms with E-state index in [1.165, 1.54) is 36.4 Å². The molecule has 2 N–H and O–H groups in total. The van der Waals surface area contributed by atoms with Crippen molar-refractivity contribution in [2.75, 3.05) is 31.6 Å². The predicted octanol–water partition coefficient (Wildman–Crippen LogP) is 5.52. The number of sulfonamides is 1. The molecule has 214 valence electrons. The Balaban J connectivity index is 1.60. The Morgan fingerprint density at radius 2 is 1.50 bits per heavy atom. The maximum atomic E-state index is 13.3. The van der Waals surface area contributed by atoms with Gasteiger partial charge in [0.15, 0.2) is 0 Å². The second-order valence-electron chi connectivity index (χ2n) is 10.6. The highest BCUT2D eigenvalue weighted by Gasteiger charge is 2.51. The van der Waals surface area contributed by atoms with Crippen LogP contribution in [-0.4, -0.2) is 52.1 Å². The van der Waals surface area contributed by atoms with Gasteiger partial charge in [-0.1, -0.05) is 60.7 Å². The van der Waals surface area contributed by atoms with E-state index in [0.29, 0.717) is 17.2 Å². The van der Waals surface area contributed by atoms with Gasteiger partial charge < -0.3 is 10.5 Å². The van der Waals surface area contributed by atoms with E-state index in [4.69, 9.17) is 10.5 Å². The van der Waals surface area contributed by atoms with Crippen molar-refractivity contribution in [2.24, 2.45) is 17.6 Å². The summed E-state index contributed by atoms with van der Waals surface area (Å²) < 4.78 is 70.3. The molecule has 3 fully saturated rings. The summed E-state index contributed by atoms with van der Waals surface area (Å²) in [5, 5.41) is 0. The number of rotatable bonds is 8. The number of hydrogen-bond acceptors (Lipinski definition) is 5. The van der Waals surface area contributed by atoms with Gasteiger partial charge in [-0.25, -0.2) is 0 Å². The van der Waals surface area contributed by atoms with E-state index in [2.05, 4.69) is 29.2 Å². The molecule has 3 unspecified atom stereocenters. The third-order valence-corrected chi connectivity index (χ3v) is 10.1. The van der Waals surface area contributed by atoms with Gasteiger partial charge in [-0.15, -0.1) is 0 Å². The summed E-state index contributed by atoms with van der Waals surface area (Å²) in [6, 6.07) is 24.3. The van der Waals surface area contributed by atoms with Crippen molar-refractivity contribution in [1.29, 1.82) is 0 Å². The molecule has 3 aliphatic rings. The van der Waals surface area contributed by atoms with Crippen molar-refractivity contribution < 1.29 is 26.3 Å². The monoisotopic (exact) mass is 573 g/mol. The highest BCUT2D eigenvalue weighted by molar-refractivity contribution is 7.93. The fraction of sp³-hybridized carbons (Fsp3) is 0.400. The SMILES string of the molecule is COc1ccc(N(C)S(=O)(=O)C(F)(F)F)cc1C(N)C1C2CCN(CC2)C1C(c1ccccc1)c1ccccc1. The molecular formula is C30H34F3N3O3S. The van der Waals surface area contributed by atoms with Crippen molar-refractivity contribution in [2.45, 2.75) is 36.4 Å². The summed E-state index contributed by atoms with van der Waals surface area (Å²) in [5.74, 6) is 0.677. The Morgan fingerprint density at radius 3 is 2.00 bits per heavy atom. The quantitative estimate of drug-likeness (QED) is 0.384. The molecule has 0 saturated carbocycles. The summed E-state index contributed by atoms with van der Waals surface area (Å²) in [6.07, 6.45) is 1.94. The Morgan fingerprint density at radius 1 is 0.950 bits per heavy atom. The van der Waals surface area contributed by atoms with Crippen LogP contribution in [0, 0.1) is 11.8 Å². The van der Waals surface area contributed by atoms with Crippen molar-refractivity contribution in [3.05, 3.63) is 95.6 Å². The highest BCUT2D eigenvalue weighted by atomic mass is 32.2. The number of benzene rings is 3. The minimum Gasteiger partial charge on any atom is -0.496 e. The first-order valence-corrected chi connectivity index (χ1v) is 14.8. The normalized spacial score (nSPS) is 23.7. The topological polar surface area (TPSA) is 75.9 Å². The third-order valence-electron chi connectivity index (χ3n) is 8.60. The summed E-state index contributed by atoms with van der Waals surface area (Å²) in [5.41, 5.74) is 4.36. The van der Waals surface area contributed by atoms with Crippen LogP contribution in [0.1, 0.15) is 41.5 Å². The predicted molar refractivity (Wildman–Crippen MR) is 150 cm³/mol. The van der Waals surface area contributed by atoms with Crippen LogP contribution in [0.25, 0.3) is 0 Å². The first-order chi connectivity index (χ1) is 19.0. The van der Waals surface area contributed by atoms with Gasteiger partial charge in [0.25, 0.3) is 0 Å². The first kappa shape index (κ1) is 28.4. The van der Waals surface area contributed by atoms with E-state index in [9.17, 15) is 21.6 Å². The number of piperidine rings is 3. The maximum absolute atomic E-state index is 13.3. The van der Waals surface area contributed by atoms with Crippen LogP contribution in [-0.2, 0) is 10.0 Å². The summed E-state index contributed by atoms with van der Waals surface area (Å²) in [6.45, 7) is 1.89. The van der Waals surface area contributed by atoms with Crippen LogP contribution in [0.15, 0.2) is 78.9 Å². The maximum Gasteiger partial charge on any atom is 0.516 e. The standard InChI is InChI=1S/C30H34F3N3O3S/c1-35(40(37,38)30(31,32)33)23-13-14-25(39-2)24(19-23)28(34)27-22-15-17-36(18-16-22)29(27)26(20-9-5-3-6-10-20)21-11-7-4-8-12-21/h3-14,19,22,26-29H,15-18,34H2,1-2H3. The number of halogens is 3. The second kappa shape index (κ2) is 11.1. The largest absolute Gasteiger partial charge is 0.516 e. The Hall–Kier alpha value is -3.08. The van der Waals surface area contributed by atoms with E-state index in [-0.39, 0.29) is 27.9 Å². The van der Waals surface area contributed by atoms with Gasteiger partial charge in [0.05, 0.1) is 12.8 Å². The first-order valence-electron chi connectivity index (χ1n) is 13.4. The number of fused-ring (bicyclic) bond motifs is 3. The molecule has 0 aliphatic carbocycles. The average Bonchev–Trinajstić information content (AvgIpc) is 2.97. The number of nitrogens with zero attached hydrogens (tertiary/aromatic N) is 2. The van der Waals surface area contributed by atoms with Crippen LogP contribution >= 0.6 is 0 Å². The fourth-order valence-electron chi connectivity index (χ4n) is 6.65. The number of anilines is 1. The molecule has 0 amide bonds. The van der Waals surface area contributed by atoms with Gasteiger partial charge in [-0.3, -0.25) is 9.21 Å². The minimum absolute atomic E-state index is 0.0176. The lowest BCUT2D eigenvalue weighted by atomic mass is 9.63. The van der Waals surface area contributed by atoms with Crippen LogP contribution in [0.5, 0.6) is 5.75 Å². The van der Waals surface area contributed by atoms with Gasteiger partial charge in [0.2, 0.25) is 0 Å². The number of hydrogen-bond donors (Lipinski definition) is 1. The van der Waals surface area contributed by atoms with Crippen molar-refractivity contribution >= 4 is 15.7 Å². The second-order valence-corrected chi connectivity index (χ2v) is 12.6. The summed E-state index contributed by atoms with van der Waals surface area (Å²) >= 11 is 0. The molecule has 0 aromatic heterocycles. The zero-order valence-electron chi connectivity index (χ0n) is 22.5. The number of nitrogens with two attached hydrogens (primary N) is 1. The zero-order chi connectivity index (χ0) is 28.7. The Kier molecular flexibility index (Phi) is 7.87. The Labute approximate surface area is 233 Å². The van der Waals surface area contributed by atoms with E-state index in [1.807, 2.05) is 36.4 Å². The molecule has 3 aliphatic heterocycles. The minimum atomic E-state index is -5.58. The van der Waals surface area contributed by atoms with Gasteiger partial charge >= 0.3 is 15.5 Å². The fourth-order valence-corrected chi connectivity index (χ4v) is 7.35. The van der Waals surface area contributed by atoms with Crippen molar-refractivity contribution in [3.8, 4) is 5.75 Å². The molecule has 3 saturated heterocycles. The molecule has 3 aromatic rings. The molecule has 2 bridgehead atoms. The van der Waals surface area contributed by atoms with Crippen LogP contribution in [0.2, 0.25) is 0 Å². The third kappa shape index (κ3) is 5.08. The van der Waals surface area contributed by atoms with Crippen molar-refractivity contribution in [3.63, 3.8) is 0 Å². The lowest BCUT2D eigenvalue weighted by Crippen LogP contribution is -2.59. The van der Waals surface area contributed by atoms with E-state index in [0.717, 1.165) is 33.0 Å². The zero-order valence-corrected chi connectivity index (χ0v) is 23.3. The van der Waals surface area contributed by atoms with Crippen LogP contribution in [0.3, 0.4) is 0 Å². The molecule has 0 radical (unpaired) electrons. The molecule has 3 aromatic carbocycles. The summed E-state index contributed by atoms with van der Waals surface area (Å²) in [4.78, 5) is 2.49. The van der Waals surface area contributed by atoms with Gasteiger partial charge in [-0.2, -0.15) is 21.6 Å². The van der Waals surface area contributed by atoms with Gasteiger partial charge in [-0.05, 0) is 67.1 Å². The van der Waals surface area contributed by atoms with Crippen LogP contribution < -0.4 is 14.8 Å². The number of alkyl halides is 3. The van der Waals surface area contributed by atoms with Gasteiger partial charge in [0, 0.05) is 30.6 Å². The Bertz CT molecular complexity index is 1370. The number of methoxy groups -OCH3 is 1.